The Hall–Kier alpha value is -2.10. The van der Waals surface area contributed by atoms with E-state index in [0.29, 0.717) is 18.0 Å². The predicted octanol–water partition coefficient (Wildman–Crippen LogP) is 3.69. The van der Waals surface area contributed by atoms with Crippen molar-refractivity contribution in [3.63, 3.8) is 0 Å². The van der Waals surface area contributed by atoms with Crippen LogP contribution in [0.2, 0.25) is 0 Å². The van der Waals surface area contributed by atoms with Crippen LogP contribution in [0, 0.1) is 5.92 Å². The third-order valence-corrected chi connectivity index (χ3v) is 3.79. The van der Waals surface area contributed by atoms with Gasteiger partial charge in [0, 0.05) is 18.2 Å². The average Bonchev–Trinajstić information content (AvgIpc) is 2.46. The first-order chi connectivity index (χ1) is 10.1. The highest BCUT2D eigenvalue weighted by atomic mass is 16.4. The minimum atomic E-state index is -0.985. The summed E-state index contributed by atoms with van der Waals surface area (Å²) in [6, 6.07) is 7.20. The molecule has 1 amide bonds. The van der Waals surface area contributed by atoms with Gasteiger partial charge in [0.2, 0.25) is 5.91 Å². The third kappa shape index (κ3) is 5.42. The van der Waals surface area contributed by atoms with Gasteiger partial charge in [-0.25, -0.2) is 4.79 Å². The standard InChI is InChI=1S/C17H21NO3/c19-16(12-13-5-2-1-3-6-13)18-15-8-4-7-14(11-15)9-10-17(20)21/h4,7-11,13H,1-3,5-6,12H2,(H,18,19)(H,20,21). The molecule has 1 aliphatic rings. The molecular formula is C17H21NO3. The molecule has 4 heteroatoms. The summed E-state index contributed by atoms with van der Waals surface area (Å²) in [5, 5.41) is 11.5. The molecule has 0 aliphatic heterocycles. The van der Waals surface area contributed by atoms with E-state index in [2.05, 4.69) is 5.32 Å². The number of nitrogens with one attached hydrogen (secondary N) is 1. The summed E-state index contributed by atoms with van der Waals surface area (Å²) in [6.45, 7) is 0. The van der Waals surface area contributed by atoms with E-state index >= 15 is 0 Å². The summed E-state index contributed by atoms with van der Waals surface area (Å²) in [5.41, 5.74) is 1.47. The zero-order valence-corrected chi connectivity index (χ0v) is 12.0. The molecule has 2 rings (SSSR count). The van der Waals surface area contributed by atoms with Crippen molar-refractivity contribution in [2.45, 2.75) is 38.5 Å². The number of amides is 1. The van der Waals surface area contributed by atoms with Gasteiger partial charge < -0.3 is 10.4 Å². The fourth-order valence-electron chi connectivity index (χ4n) is 2.75. The minimum Gasteiger partial charge on any atom is -0.478 e. The number of benzene rings is 1. The lowest BCUT2D eigenvalue weighted by Crippen LogP contribution is -2.18. The first kappa shape index (κ1) is 15.3. The Morgan fingerprint density at radius 1 is 1.24 bits per heavy atom. The Labute approximate surface area is 124 Å². The quantitative estimate of drug-likeness (QED) is 0.812. The van der Waals surface area contributed by atoms with Gasteiger partial charge >= 0.3 is 5.97 Å². The van der Waals surface area contributed by atoms with Crippen LogP contribution in [0.1, 0.15) is 44.1 Å². The van der Waals surface area contributed by atoms with Crippen molar-refractivity contribution in [2.24, 2.45) is 5.92 Å². The molecule has 0 atom stereocenters. The number of anilines is 1. The molecule has 0 bridgehead atoms. The van der Waals surface area contributed by atoms with Gasteiger partial charge in [0.25, 0.3) is 0 Å². The number of hydrogen-bond donors (Lipinski definition) is 2. The van der Waals surface area contributed by atoms with E-state index in [1.165, 1.54) is 25.3 Å². The van der Waals surface area contributed by atoms with Crippen LogP contribution in [0.3, 0.4) is 0 Å². The van der Waals surface area contributed by atoms with Crippen LogP contribution >= 0.6 is 0 Å². The second-order valence-electron chi connectivity index (χ2n) is 5.55. The summed E-state index contributed by atoms with van der Waals surface area (Å²) >= 11 is 0. The third-order valence-electron chi connectivity index (χ3n) is 3.79. The van der Waals surface area contributed by atoms with Gasteiger partial charge in [0.05, 0.1) is 0 Å². The first-order valence-electron chi connectivity index (χ1n) is 7.44. The van der Waals surface area contributed by atoms with Crippen molar-refractivity contribution in [3.05, 3.63) is 35.9 Å². The van der Waals surface area contributed by atoms with E-state index in [1.54, 1.807) is 18.2 Å². The van der Waals surface area contributed by atoms with E-state index in [4.69, 9.17) is 5.11 Å². The monoisotopic (exact) mass is 287 g/mol. The normalized spacial score (nSPS) is 16.0. The van der Waals surface area contributed by atoms with Gasteiger partial charge in [0.15, 0.2) is 0 Å². The topological polar surface area (TPSA) is 66.4 Å². The Balaban J connectivity index is 1.90. The summed E-state index contributed by atoms with van der Waals surface area (Å²) in [6.07, 6.45) is 9.22. The number of carboxylic acids is 1. The summed E-state index contributed by atoms with van der Waals surface area (Å²) in [7, 11) is 0. The molecule has 0 radical (unpaired) electrons. The first-order valence-corrected chi connectivity index (χ1v) is 7.44. The van der Waals surface area contributed by atoms with Crippen molar-refractivity contribution in [1.29, 1.82) is 0 Å². The van der Waals surface area contributed by atoms with E-state index in [9.17, 15) is 9.59 Å². The Bertz CT molecular complexity index is 531. The Morgan fingerprint density at radius 2 is 2.00 bits per heavy atom. The highest BCUT2D eigenvalue weighted by Crippen LogP contribution is 2.26. The maximum atomic E-state index is 12.0. The van der Waals surface area contributed by atoms with Crippen molar-refractivity contribution >= 4 is 23.6 Å². The number of carbonyl (C=O) groups excluding carboxylic acids is 1. The van der Waals surface area contributed by atoms with Crippen LogP contribution in [0.4, 0.5) is 5.69 Å². The lowest BCUT2D eigenvalue weighted by atomic mass is 9.87. The molecule has 1 aromatic rings. The number of aliphatic carboxylic acids is 1. The van der Waals surface area contributed by atoms with Crippen molar-refractivity contribution < 1.29 is 14.7 Å². The van der Waals surface area contributed by atoms with Gasteiger partial charge in [-0.2, -0.15) is 0 Å². The van der Waals surface area contributed by atoms with E-state index < -0.39 is 5.97 Å². The Morgan fingerprint density at radius 3 is 2.71 bits per heavy atom. The SMILES string of the molecule is O=C(O)C=Cc1cccc(NC(=O)CC2CCCCC2)c1. The predicted molar refractivity (Wildman–Crippen MR) is 82.9 cm³/mol. The molecule has 1 fully saturated rings. The van der Waals surface area contributed by atoms with Gasteiger partial charge in [-0.1, -0.05) is 31.4 Å². The average molecular weight is 287 g/mol. The van der Waals surface area contributed by atoms with Gasteiger partial charge in [-0.15, -0.1) is 0 Å². The molecule has 0 aromatic heterocycles. The lowest BCUT2D eigenvalue weighted by molar-refractivity contribution is -0.131. The molecule has 4 nitrogen and oxygen atoms in total. The molecule has 0 unspecified atom stereocenters. The molecule has 1 aromatic carbocycles. The number of hydrogen-bond acceptors (Lipinski definition) is 2. The fraction of sp³-hybridized carbons (Fsp3) is 0.412. The second kappa shape index (κ2) is 7.62. The lowest BCUT2D eigenvalue weighted by Gasteiger charge is -2.20. The van der Waals surface area contributed by atoms with Crippen molar-refractivity contribution in [3.8, 4) is 0 Å². The van der Waals surface area contributed by atoms with E-state index in [-0.39, 0.29) is 5.91 Å². The molecule has 2 N–H and O–H groups in total. The minimum absolute atomic E-state index is 0.0428. The molecule has 0 heterocycles. The number of carbonyl (C=O) groups is 2. The van der Waals surface area contributed by atoms with Crippen LogP contribution in [0.5, 0.6) is 0 Å². The highest BCUT2D eigenvalue weighted by Gasteiger charge is 2.16. The van der Waals surface area contributed by atoms with Crippen LogP contribution in [-0.4, -0.2) is 17.0 Å². The second-order valence-corrected chi connectivity index (χ2v) is 5.55. The molecule has 1 saturated carbocycles. The zero-order valence-electron chi connectivity index (χ0n) is 12.0. The maximum Gasteiger partial charge on any atom is 0.328 e. The molecular weight excluding hydrogens is 266 g/mol. The summed E-state index contributed by atoms with van der Waals surface area (Å²) in [5.74, 6) is -0.433. The smallest absolute Gasteiger partial charge is 0.328 e. The van der Waals surface area contributed by atoms with Gasteiger partial charge in [-0.3, -0.25) is 4.79 Å². The largest absolute Gasteiger partial charge is 0.478 e. The molecule has 112 valence electrons. The summed E-state index contributed by atoms with van der Waals surface area (Å²) < 4.78 is 0. The van der Waals surface area contributed by atoms with E-state index in [0.717, 1.165) is 24.5 Å². The van der Waals surface area contributed by atoms with Crippen LogP contribution in [-0.2, 0) is 9.59 Å². The zero-order chi connectivity index (χ0) is 15.1. The fourth-order valence-corrected chi connectivity index (χ4v) is 2.75. The van der Waals surface area contributed by atoms with Gasteiger partial charge in [0.1, 0.15) is 0 Å². The van der Waals surface area contributed by atoms with Crippen LogP contribution in [0.25, 0.3) is 6.08 Å². The summed E-state index contributed by atoms with van der Waals surface area (Å²) in [4.78, 5) is 22.5. The van der Waals surface area contributed by atoms with Crippen LogP contribution < -0.4 is 5.32 Å². The van der Waals surface area contributed by atoms with E-state index in [1.807, 2.05) is 6.07 Å². The van der Waals surface area contributed by atoms with Crippen molar-refractivity contribution in [1.82, 2.24) is 0 Å². The molecule has 0 saturated heterocycles. The highest BCUT2D eigenvalue weighted by molar-refractivity contribution is 5.91. The maximum absolute atomic E-state index is 12.0. The number of carboxylic acid groups (broad SMARTS) is 1. The van der Waals surface area contributed by atoms with Crippen molar-refractivity contribution in [2.75, 3.05) is 5.32 Å². The van der Waals surface area contributed by atoms with Crippen LogP contribution in [0.15, 0.2) is 30.3 Å². The molecule has 1 aliphatic carbocycles. The number of rotatable bonds is 5. The van der Waals surface area contributed by atoms with Gasteiger partial charge in [-0.05, 0) is 42.5 Å². The Kier molecular flexibility index (Phi) is 5.55. The molecule has 0 spiro atoms. The molecule has 21 heavy (non-hydrogen) atoms.